The summed E-state index contributed by atoms with van der Waals surface area (Å²) in [6, 6.07) is 8.81. The SMILES string of the molecule is O=C(OCc1ncc(Br)cn1)c1ccccc1. The first-order valence-corrected chi connectivity index (χ1v) is 5.73. The van der Waals surface area contributed by atoms with E-state index in [1.54, 1.807) is 36.7 Å². The Hall–Kier alpha value is -1.75. The second kappa shape index (κ2) is 5.54. The first-order chi connectivity index (χ1) is 8.25. The molecule has 5 heteroatoms. The van der Waals surface area contributed by atoms with Crippen molar-refractivity contribution >= 4 is 21.9 Å². The Balaban J connectivity index is 1.95. The van der Waals surface area contributed by atoms with Crippen LogP contribution in [-0.4, -0.2) is 15.9 Å². The van der Waals surface area contributed by atoms with Crippen LogP contribution < -0.4 is 0 Å². The predicted octanol–water partition coefficient (Wildman–Crippen LogP) is 2.60. The van der Waals surface area contributed by atoms with Crippen LogP contribution in [0.5, 0.6) is 0 Å². The van der Waals surface area contributed by atoms with E-state index >= 15 is 0 Å². The maximum atomic E-state index is 11.6. The molecular weight excluding hydrogens is 284 g/mol. The molecule has 1 aromatic heterocycles. The van der Waals surface area contributed by atoms with Crippen LogP contribution in [0.4, 0.5) is 0 Å². The zero-order chi connectivity index (χ0) is 12.1. The van der Waals surface area contributed by atoms with E-state index < -0.39 is 0 Å². The minimum atomic E-state index is -0.378. The van der Waals surface area contributed by atoms with Gasteiger partial charge in [-0.2, -0.15) is 0 Å². The van der Waals surface area contributed by atoms with E-state index in [0.29, 0.717) is 11.4 Å². The van der Waals surface area contributed by atoms with Gasteiger partial charge in [0.25, 0.3) is 0 Å². The van der Waals surface area contributed by atoms with Crippen LogP contribution in [0.3, 0.4) is 0 Å². The highest BCUT2D eigenvalue weighted by atomic mass is 79.9. The van der Waals surface area contributed by atoms with Gasteiger partial charge in [-0.3, -0.25) is 0 Å². The minimum absolute atomic E-state index is 0.0704. The summed E-state index contributed by atoms with van der Waals surface area (Å²) in [5.74, 6) is 0.0922. The van der Waals surface area contributed by atoms with Crippen molar-refractivity contribution in [2.75, 3.05) is 0 Å². The Morgan fingerprint density at radius 2 is 1.82 bits per heavy atom. The summed E-state index contributed by atoms with van der Waals surface area (Å²) in [7, 11) is 0. The standard InChI is InChI=1S/C12H9BrN2O2/c13-10-6-14-11(15-7-10)8-17-12(16)9-4-2-1-3-5-9/h1-7H,8H2. The average Bonchev–Trinajstić information content (AvgIpc) is 2.39. The number of hydrogen-bond donors (Lipinski definition) is 0. The van der Waals surface area contributed by atoms with Crippen molar-refractivity contribution in [1.82, 2.24) is 9.97 Å². The maximum Gasteiger partial charge on any atom is 0.338 e. The molecule has 0 atom stereocenters. The van der Waals surface area contributed by atoms with Crippen LogP contribution in [0, 0.1) is 0 Å². The molecule has 4 nitrogen and oxygen atoms in total. The van der Waals surface area contributed by atoms with Gasteiger partial charge in [-0.15, -0.1) is 0 Å². The molecule has 0 aliphatic heterocycles. The smallest absolute Gasteiger partial charge is 0.338 e. The van der Waals surface area contributed by atoms with Crippen molar-refractivity contribution in [2.45, 2.75) is 6.61 Å². The van der Waals surface area contributed by atoms with E-state index in [0.717, 1.165) is 4.47 Å². The van der Waals surface area contributed by atoms with Crippen molar-refractivity contribution in [3.05, 3.63) is 58.6 Å². The Morgan fingerprint density at radius 3 is 2.47 bits per heavy atom. The molecule has 2 rings (SSSR count). The third-order valence-electron chi connectivity index (χ3n) is 2.02. The zero-order valence-electron chi connectivity index (χ0n) is 8.84. The van der Waals surface area contributed by atoms with Gasteiger partial charge in [-0.1, -0.05) is 18.2 Å². The van der Waals surface area contributed by atoms with Crippen LogP contribution in [0.1, 0.15) is 16.2 Å². The fraction of sp³-hybridized carbons (Fsp3) is 0.0833. The van der Waals surface area contributed by atoms with Crippen molar-refractivity contribution in [3.63, 3.8) is 0 Å². The summed E-state index contributed by atoms with van der Waals surface area (Å²) < 4.78 is 5.86. The third-order valence-corrected chi connectivity index (χ3v) is 2.43. The molecule has 0 radical (unpaired) electrons. The van der Waals surface area contributed by atoms with Gasteiger partial charge >= 0.3 is 5.97 Å². The fourth-order valence-corrected chi connectivity index (χ4v) is 1.41. The molecule has 0 saturated heterocycles. The molecule has 0 aliphatic rings. The second-order valence-electron chi connectivity index (χ2n) is 3.26. The molecule has 86 valence electrons. The lowest BCUT2D eigenvalue weighted by atomic mass is 10.2. The van der Waals surface area contributed by atoms with E-state index in [1.807, 2.05) is 6.07 Å². The third kappa shape index (κ3) is 3.35. The van der Waals surface area contributed by atoms with Crippen LogP contribution >= 0.6 is 15.9 Å². The Kier molecular flexibility index (Phi) is 3.82. The number of ether oxygens (including phenoxy) is 1. The van der Waals surface area contributed by atoms with Crippen LogP contribution in [0.15, 0.2) is 47.2 Å². The summed E-state index contributed by atoms with van der Waals surface area (Å²) in [5.41, 5.74) is 0.518. The van der Waals surface area contributed by atoms with Crippen molar-refractivity contribution in [2.24, 2.45) is 0 Å². The number of hydrogen-bond acceptors (Lipinski definition) is 4. The highest BCUT2D eigenvalue weighted by Gasteiger charge is 2.07. The Bertz CT molecular complexity index is 500. The number of rotatable bonds is 3. The topological polar surface area (TPSA) is 52.1 Å². The summed E-state index contributed by atoms with van der Waals surface area (Å²) in [6.45, 7) is 0.0704. The van der Waals surface area contributed by atoms with Gasteiger partial charge in [0.1, 0.15) is 0 Å². The number of carbonyl (C=O) groups is 1. The number of carbonyl (C=O) groups excluding carboxylic acids is 1. The minimum Gasteiger partial charge on any atom is -0.454 e. The van der Waals surface area contributed by atoms with E-state index in [4.69, 9.17) is 4.74 Å². The van der Waals surface area contributed by atoms with Crippen LogP contribution in [0.2, 0.25) is 0 Å². The number of aromatic nitrogens is 2. The molecule has 1 heterocycles. The summed E-state index contributed by atoms with van der Waals surface area (Å²) in [4.78, 5) is 19.6. The first-order valence-electron chi connectivity index (χ1n) is 4.94. The number of halogens is 1. The second-order valence-corrected chi connectivity index (χ2v) is 4.18. The van der Waals surface area contributed by atoms with Crippen molar-refractivity contribution in [3.8, 4) is 0 Å². The van der Waals surface area contributed by atoms with Gasteiger partial charge in [0.05, 0.1) is 10.0 Å². The van der Waals surface area contributed by atoms with Crippen LogP contribution in [0.25, 0.3) is 0 Å². The molecule has 0 N–H and O–H groups in total. The number of benzene rings is 1. The first kappa shape index (κ1) is 11.7. The summed E-state index contributed by atoms with van der Waals surface area (Å²) in [5, 5.41) is 0. The lowest BCUT2D eigenvalue weighted by molar-refractivity contribution is 0.0462. The molecular formula is C12H9BrN2O2. The van der Waals surface area contributed by atoms with Gasteiger partial charge in [0, 0.05) is 12.4 Å². The van der Waals surface area contributed by atoms with Crippen molar-refractivity contribution < 1.29 is 9.53 Å². The molecule has 0 unspecified atom stereocenters. The Labute approximate surface area is 107 Å². The average molecular weight is 293 g/mol. The highest BCUT2D eigenvalue weighted by Crippen LogP contribution is 2.06. The lowest BCUT2D eigenvalue weighted by Crippen LogP contribution is -2.06. The molecule has 0 spiro atoms. The molecule has 0 aliphatic carbocycles. The van der Waals surface area contributed by atoms with Gasteiger partial charge in [-0.05, 0) is 28.1 Å². The van der Waals surface area contributed by atoms with Gasteiger partial charge in [0.15, 0.2) is 12.4 Å². The van der Waals surface area contributed by atoms with Gasteiger partial charge < -0.3 is 4.74 Å². The molecule has 0 fully saturated rings. The lowest BCUT2D eigenvalue weighted by Gasteiger charge is -2.03. The Morgan fingerprint density at radius 1 is 1.18 bits per heavy atom. The molecule has 1 aromatic carbocycles. The van der Waals surface area contributed by atoms with E-state index in [9.17, 15) is 4.79 Å². The predicted molar refractivity (Wildman–Crippen MR) is 65.3 cm³/mol. The quantitative estimate of drug-likeness (QED) is 0.816. The monoisotopic (exact) mass is 292 g/mol. The van der Waals surface area contributed by atoms with Gasteiger partial charge in [-0.25, -0.2) is 14.8 Å². The summed E-state index contributed by atoms with van der Waals surface area (Å²) >= 11 is 3.23. The molecule has 0 saturated carbocycles. The zero-order valence-corrected chi connectivity index (χ0v) is 10.4. The molecule has 2 aromatic rings. The van der Waals surface area contributed by atoms with Gasteiger partial charge in [0.2, 0.25) is 0 Å². The molecule has 0 bridgehead atoms. The molecule has 0 amide bonds. The number of nitrogens with zero attached hydrogens (tertiary/aromatic N) is 2. The van der Waals surface area contributed by atoms with E-state index in [2.05, 4.69) is 25.9 Å². The van der Waals surface area contributed by atoms with Crippen molar-refractivity contribution in [1.29, 1.82) is 0 Å². The highest BCUT2D eigenvalue weighted by molar-refractivity contribution is 9.10. The maximum absolute atomic E-state index is 11.6. The van der Waals surface area contributed by atoms with E-state index in [-0.39, 0.29) is 12.6 Å². The van der Waals surface area contributed by atoms with Crippen LogP contribution in [-0.2, 0) is 11.3 Å². The molecule has 17 heavy (non-hydrogen) atoms. The number of esters is 1. The van der Waals surface area contributed by atoms with E-state index in [1.165, 1.54) is 0 Å². The normalized spacial score (nSPS) is 9.94. The largest absolute Gasteiger partial charge is 0.454 e. The summed E-state index contributed by atoms with van der Waals surface area (Å²) in [6.07, 6.45) is 3.22. The fourth-order valence-electron chi connectivity index (χ4n) is 1.20.